The zero-order chi connectivity index (χ0) is 59.9. The Hall–Kier alpha value is -1.66. The summed E-state index contributed by atoms with van der Waals surface area (Å²) in [6.07, 6.45) is 92.6. The van der Waals surface area contributed by atoms with Crippen molar-refractivity contribution in [1.82, 2.24) is 5.32 Å². The van der Waals surface area contributed by atoms with Gasteiger partial charge in [-0.1, -0.05) is 385 Å². The molecule has 2 unspecified atom stereocenters. The van der Waals surface area contributed by atoms with Crippen LogP contribution < -0.4 is 5.32 Å². The Morgan fingerprint density at radius 3 is 0.916 bits per heavy atom. The van der Waals surface area contributed by atoms with Crippen LogP contribution in [0.1, 0.15) is 431 Å². The molecule has 0 radical (unpaired) electrons. The van der Waals surface area contributed by atoms with Gasteiger partial charge in [-0.2, -0.15) is 0 Å². The number of aliphatic hydroxyl groups excluding tert-OH is 2. The van der Waals surface area contributed by atoms with E-state index in [1.807, 2.05) is 0 Å². The molecule has 0 saturated heterocycles. The Morgan fingerprint density at radius 2 is 0.602 bits per heavy atom. The van der Waals surface area contributed by atoms with E-state index in [0.717, 1.165) is 44.9 Å². The number of hydrogen-bond acceptors (Lipinski definition) is 5. The monoisotopic (exact) mass is 1170 g/mol. The topological polar surface area (TPSA) is 95.9 Å². The van der Waals surface area contributed by atoms with E-state index in [9.17, 15) is 19.8 Å². The van der Waals surface area contributed by atoms with E-state index < -0.39 is 12.1 Å². The number of nitrogens with one attached hydrogen (secondary N) is 1. The first-order valence-electron chi connectivity index (χ1n) is 38.1. The van der Waals surface area contributed by atoms with Gasteiger partial charge in [0.15, 0.2) is 0 Å². The first-order chi connectivity index (χ1) is 41.0. The smallest absolute Gasteiger partial charge is 0.305 e. The fourth-order valence-corrected chi connectivity index (χ4v) is 12.2. The lowest BCUT2D eigenvalue weighted by molar-refractivity contribution is -0.143. The van der Waals surface area contributed by atoms with E-state index >= 15 is 0 Å². The third-order valence-corrected chi connectivity index (χ3v) is 18.0. The van der Waals surface area contributed by atoms with Crippen LogP contribution in [0.15, 0.2) is 24.3 Å². The van der Waals surface area contributed by atoms with Crippen molar-refractivity contribution in [1.29, 1.82) is 0 Å². The van der Waals surface area contributed by atoms with E-state index in [0.29, 0.717) is 25.9 Å². The SMILES string of the molecule is CCCCCCCCCCCCCCCCCCCCCC(=O)OCCCCCCCCCCC/C=C\C/C=C\CCCCCCCCCCCCCCCCCCCC(=O)NC(CO)C(O)CCCCCCCCCCCCCCCC. The first-order valence-corrected chi connectivity index (χ1v) is 38.1. The second-order valence-corrected chi connectivity index (χ2v) is 26.3. The van der Waals surface area contributed by atoms with Gasteiger partial charge in [0, 0.05) is 12.8 Å². The number of unbranched alkanes of at least 4 members (excludes halogenated alkanes) is 57. The molecule has 0 heterocycles. The van der Waals surface area contributed by atoms with Crippen LogP contribution in [0.25, 0.3) is 0 Å². The van der Waals surface area contributed by atoms with Gasteiger partial charge in [0.1, 0.15) is 0 Å². The second-order valence-electron chi connectivity index (χ2n) is 26.3. The lowest BCUT2D eigenvalue weighted by atomic mass is 10.0. The summed E-state index contributed by atoms with van der Waals surface area (Å²) in [7, 11) is 0. The maximum absolute atomic E-state index is 12.5. The highest BCUT2D eigenvalue weighted by Crippen LogP contribution is 2.20. The quantitative estimate of drug-likeness (QED) is 0.0320. The number of aliphatic hydroxyl groups is 2. The second kappa shape index (κ2) is 72.8. The zero-order valence-electron chi connectivity index (χ0n) is 56.5. The van der Waals surface area contributed by atoms with Crippen LogP contribution in [-0.4, -0.2) is 47.4 Å². The van der Waals surface area contributed by atoms with Crippen LogP contribution in [0.4, 0.5) is 0 Å². The van der Waals surface area contributed by atoms with Gasteiger partial charge < -0.3 is 20.3 Å². The molecular formula is C77H149NO5. The predicted octanol–water partition coefficient (Wildman–Crippen LogP) is 24.9. The van der Waals surface area contributed by atoms with E-state index in [1.165, 1.54) is 353 Å². The maximum atomic E-state index is 12.5. The van der Waals surface area contributed by atoms with Crippen molar-refractivity contribution in [3.8, 4) is 0 Å². The zero-order valence-corrected chi connectivity index (χ0v) is 56.5. The molecule has 0 aromatic carbocycles. The highest BCUT2D eigenvalue weighted by molar-refractivity contribution is 5.76. The molecule has 6 nitrogen and oxygen atoms in total. The molecule has 0 aliphatic rings. The van der Waals surface area contributed by atoms with Gasteiger partial charge in [-0.15, -0.1) is 0 Å². The van der Waals surface area contributed by atoms with Crippen LogP contribution in [0.2, 0.25) is 0 Å². The summed E-state index contributed by atoms with van der Waals surface area (Å²) in [6, 6.07) is -0.539. The van der Waals surface area contributed by atoms with Gasteiger partial charge in [-0.3, -0.25) is 9.59 Å². The Labute approximate surface area is 520 Å². The minimum Gasteiger partial charge on any atom is -0.466 e. The third-order valence-electron chi connectivity index (χ3n) is 18.0. The summed E-state index contributed by atoms with van der Waals surface area (Å²) < 4.78 is 5.51. The number of carbonyl (C=O) groups excluding carboxylic acids is 2. The van der Waals surface area contributed by atoms with E-state index in [1.54, 1.807) is 0 Å². The molecule has 1 amide bonds. The number of carbonyl (C=O) groups is 2. The number of hydrogen-bond donors (Lipinski definition) is 3. The number of amides is 1. The summed E-state index contributed by atoms with van der Waals surface area (Å²) in [5.74, 6) is -0.0104. The van der Waals surface area contributed by atoms with Crippen molar-refractivity contribution >= 4 is 11.9 Å². The average Bonchev–Trinajstić information content (AvgIpc) is 3.49. The van der Waals surface area contributed by atoms with Crippen LogP contribution in [0.5, 0.6) is 0 Å². The summed E-state index contributed by atoms with van der Waals surface area (Å²) in [5, 5.41) is 23.3. The lowest BCUT2D eigenvalue weighted by Gasteiger charge is -2.22. The highest BCUT2D eigenvalue weighted by Gasteiger charge is 2.20. The normalized spacial score (nSPS) is 12.6. The molecule has 0 aromatic rings. The van der Waals surface area contributed by atoms with Gasteiger partial charge in [-0.05, 0) is 57.8 Å². The Kier molecular flexibility index (Phi) is 71.4. The molecule has 6 heteroatoms. The lowest BCUT2D eigenvalue weighted by Crippen LogP contribution is -2.45. The first kappa shape index (κ1) is 81.3. The van der Waals surface area contributed by atoms with Crippen molar-refractivity contribution in [2.45, 2.75) is 443 Å². The molecule has 83 heavy (non-hydrogen) atoms. The summed E-state index contributed by atoms with van der Waals surface area (Å²) >= 11 is 0. The minimum atomic E-state index is -0.662. The van der Waals surface area contributed by atoms with E-state index in [-0.39, 0.29) is 18.5 Å². The summed E-state index contributed by atoms with van der Waals surface area (Å²) in [5.41, 5.74) is 0. The molecule has 0 bridgehead atoms. The minimum absolute atomic E-state index is 0.0199. The Bertz CT molecular complexity index is 1300. The van der Waals surface area contributed by atoms with Gasteiger partial charge in [0.25, 0.3) is 0 Å². The average molecular weight is 1170 g/mol. The largest absolute Gasteiger partial charge is 0.466 e. The standard InChI is InChI=1S/C77H149NO5/c1-3-5-7-9-11-13-15-17-19-20-36-40-43-47-51-55-59-63-67-71-77(82)83-72-68-64-60-56-52-48-44-41-38-35-33-31-29-27-25-23-21-22-24-26-28-30-32-34-37-39-42-46-50-54-58-62-66-70-76(81)78-74(73-79)75(80)69-65-61-57-53-49-45-18-16-14-12-10-8-6-4-2/h25,27,31,33,74-75,79-80H,3-24,26,28-30,32,34-73H2,1-2H3,(H,78,81)/b27-25-,33-31-. The molecule has 492 valence electrons. The van der Waals surface area contributed by atoms with Crippen molar-refractivity contribution in [2.24, 2.45) is 0 Å². The molecule has 0 saturated carbocycles. The van der Waals surface area contributed by atoms with Gasteiger partial charge >= 0.3 is 5.97 Å². The fourth-order valence-electron chi connectivity index (χ4n) is 12.2. The molecule has 3 N–H and O–H groups in total. The highest BCUT2D eigenvalue weighted by atomic mass is 16.5. The fraction of sp³-hybridized carbons (Fsp3) is 0.922. The maximum Gasteiger partial charge on any atom is 0.305 e. The van der Waals surface area contributed by atoms with E-state index in [4.69, 9.17) is 4.74 Å². The summed E-state index contributed by atoms with van der Waals surface area (Å²) in [6.45, 7) is 5.00. The van der Waals surface area contributed by atoms with Crippen molar-refractivity contribution in [3.05, 3.63) is 24.3 Å². The number of rotatable bonds is 72. The van der Waals surface area contributed by atoms with Crippen LogP contribution in [0, 0.1) is 0 Å². The Balaban J connectivity index is 3.35. The molecule has 0 aliphatic heterocycles. The number of allylic oxidation sites excluding steroid dienone is 4. The van der Waals surface area contributed by atoms with Gasteiger partial charge in [0.05, 0.1) is 25.4 Å². The number of ether oxygens (including phenoxy) is 1. The van der Waals surface area contributed by atoms with Crippen molar-refractivity contribution in [3.63, 3.8) is 0 Å². The van der Waals surface area contributed by atoms with Crippen LogP contribution in [0.3, 0.4) is 0 Å². The molecule has 0 aromatic heterocycles. The van der Waals surface area contributed by atoms with E-state index in [2.05, 4.69) is 43.5 Å². The van der Waals surface area contributed by atoms with Crippen molar-refractivity contribution in [2.75, 3.05) is 13.2 Å². The molecule has 0 aliphatic carbocycles. The van der Waals surface area contributed by atoms with Crippen molar-refractivity contribution < 1.29 is 24.5 Å². The van der Waals surface area contributed by atoms with Gasteiger partial charge in [0.2, 0.25) is 5.91 Å². The molecule has 2 atom stereocenters. The molecule has 0 fully saturated rings. The third kappa shape index (κ3) is 69.3. The molecular weight excluding hydrogens is 1020 g/mol. The molecule has 0 spiro atoms. The predicted molar refractivity (Wildman–Crippen MR) is 366 cm³/mol. The molecule has 0 rings (SSSR count). The van der Waals surface area contributed by atoms with Crippen LogP contribution >= 0.6 is 0 Å². The number of esters is 1. The summed E-state index contributed by atoms with van der Waals surface area (Å²) in [4.78, 5) is 24.6. The van der Waals surface area contributed by atoms with Crippen LogP contribution in [-0.2, 0) is 14.3 Å². The van der Waals surface area contributed by atoms with Gasteiger partial charge in [-0.25, -0.2) is 0 Å². The Morgan fingerprint density at radius 1 is 0.337 bits per heavy atom.